The smallest absolute Gasteiger partial charge is 0.238 e. The molecule has 0 bridgehead atoms. The molecule has 4 aromatic rings. The van der Waals surface area contributed by atoms with Crippen LogP contribution in [0.15, 0.2) is 65.6 Å². The van der Waals surface area contributed by atoms with Gasteiger partial charge in [0, 0.05) is 27.8 Å². The summed E-state index contributed by atoms with van der Waals surface area (Å²) >= 11 is 0. The van der Waals surface area contributed by atoms with E-state index in [0.29, 0.717) is 17.1 Å². The quantitative estimate of drug-likeness (QED) is 0.319. The van der Waals surface area contributed by atoms with Gasteiger partial charge in [0.2, 0.25) is 10.0 Å². The highest BCUT2D eigenvalue weighted by Gasteiger charge is 2.12. The van der Waals surface area contributed by atoms with E-state index in [9.17, 15) is 8.42 Å². The molecule has 27 heavy (non-hydrogen) atoms. The predicted octanol–water partition coefficient (Wildman–Crippen LogP) is 2.94. The molecule has 0 aliphatic carbocycles. The second kappa shape index (κ2) is 6.11. The van der Waals surface area contributed by atoms with Crippen molar-refractivity contribution in [1.29, 1.82) is 0 Å². The Hall–Kier alpha value is -3.36. The highest BCUT2D eigenvalue weighted by molar-refractivity contribution is 7.89. The second-order valence-corrected chi connectivity index (χ2v) is 7.80. The third-order valence-corrected chi connectivity index (χ3v) is 5.20. The number of nitrogens with one attached hydrogen (secondary N) is 1. The van der Waals surface area contributed by atoms with Gasteiger partial charge in [-0.2, -0.15) is 0 Å². The molecule has 7 N–H and O–H groups in total. The van der Waals surface area contributed by atoms with E-state index in [1.807, 2.05) is 24.3 Å². The Morgan fingerprint density at radius 3 is 1.78 bits per heavy atom. The molecule has 0 amide bonds. The molecular weight excluding hydrogens is 362 g/mol. The molecule has 3 aromatic carbocycles. The summed E-state index contributed by atoms with van der Waals surface area (Å²) in [6, 6.07) is 17.2. The van der Waals surface area contributed by atoms with E-state index in [1.165, 1.54) is 12.1 Å². The molecule has 0 atom stereocenters. The minimum atomic E-state index is -3.74. The summed E-state index contributed by atoms with van der Waals surface area (Å²) in [7, 11) is -3.74. The Labute approximate surface area is 155 Å². The molecule has 0 aliphatic rings. The number of aromatic nitrogens is 1. The Kier molecular flexibility index (Phi) is 3.87. The lowest BCUT2D eigenvalue weighted by Crippen LogP contribution is -2.11. The minimum absolute atomic E-state index is 0.0537. The van der Waals surface area contributed by atoms with E-state index in [0.717, 1.165) is 27.5 Å². The lowest BCUT2D eigenvalue weighted by molar-refractivity contribution is 0.598. The van der Waals surface area contributed by atoms with Gasteiger partial charge in [-0.25, -0.2) is 18.5 Å². The van der Waals surface area contributed by atoms with Gasteiger partial charge in [-0.3, -0.25) is 0 Å². The maximum absolute atomic E-state index is 11.4. The number of sulfonamides is 1. The van der Waals surface area contributed by atoms with Crippen molar-refractivity contribution in [3.63, 3.8) is 0 Å². The summed E-state index contributed by atoms with van der Waals surface area (Å²) in [6.07, 6.45) is 0. The van der Waals surface area contributed by atoms with Crippen molar-refractivity contribution in [2.45, 2.75) is 4.90 Å². The van der Waals surface area contributed by atoms with Gasteiger partial charge in [0.1, 0.15) is 0 Å². The van der Waals surface area contributed by atoms with Crippen molar-refractivity contribution < 1.29 is 8.42 Å². The average molecular weight is 379 g/mol. The number of benzene rings is 3. The summed E-state index contributed by atoms with van der Waals surface area (Å²) in [4.78, 5) is 4.71. The van der Waals surface area contributed by atoms with Gasteiger partial charge in [-0.05, 0) is 60.7 Å². The molecule has 0 radical (unpaired) electrons. The lowest BCUT2D eigenvalue weighted by atomic mass is 10.1. The molecular formula is C19H17N5O2S. The second-order valence-electron chi connectivity index (χ2n) is 6.23. The van der Waals surface area contributed by atoms with Crippen LogP contribution in [0.4, 0.5) is 22.7 Å². The maximum atomic E-state index is 11.4. The normalized spacial score (nSPS) is 11.7. The minimum Gasteiger partial charge on any atom is -0.399 e. The van der Waals surface area contributed by atoms with Crippen LogP contribution >= 0.6 is 0 Å². The van der Waals surface area contributed by atoms with Gasteiger partial charge in [-0.1, -0.05) is 0 Å². The molecule has 136 valence electrons. The number of primary sulfonamides is 1. The van der Waals surface area contributed by atoms with E-state index < -0.39 is 10.0 Å². The summed E-state index contributed by atoms with van der Waals surface area (Å²) in [6.45, 7) is 0. The molecule has 4 rings (SSSR count). The fourth-order valence-electron chi connectivity index (χ4n) is 2.99. The van der Waals surface area contributed by atoms with Crippen LogP contribution in [0.5, 0.6) is 0 Å². The number of rotatable bonds is 3. The van der Waals surface area contributed by atoms with Gasteiger partial charge in [0.25, 0.3) is 0 Å². The Morgan fingerprint density at radius 1 is 0.778 bits per heavy atom. The topological polar surface area (TPSA) is 137 Å². The Balaban J connectivity index is 1.90. The highest BCUT2D eigenvalue weighted by atomic mass is 32.2. The van der Waals surface area contributed by atoms with Crippen LogP contribution in [0.1, 0.15) is 0 Å². The van der Waals surface area contributed by atoms with Crippen LogP contribution in [0.3, 0.4) is 0 Å². The van der Waals surface area contributed by atoms with E-state index in [1.54, 1.807) is 24.3 Å². The number of pyridine rings is 1. The van der Waals surface area contributed by atoms with E-state index in [4.69, 9.17) is 16.6 Å². The number of anilines is 4. The average Bonchev–Trinajstić information content (AvgIpc) is 2.60. The molecule has 1 aromatic heterocycles. The largest absolute Gasteiger partial charge is 0.399 e. The molecule has 0 saturated heterocycles. The van der Waals surface area contributed by atoms with Crippen LogP contribution in [0.25, 0.3) is 21.8 Å². The molecule has 0 fully saturated rings. The maximum Gasteiger partial charge on any atom is 0.238 e. The highest BCUT2D eigenvalue weighted by Crippen LogP contribution is 2.34. The van der Waals surface area contributed by atoms with Crippen molar-refractivity contribution in [1.82, 2.24) is 4.98 Å². The first-order valence-electron chi connectivity index (χ1n) is 8.10. The monoisotopic (exact) mass is 379 g/mol. The molecule has 0 aliphatic heterocycles. The first kappa shape index (κ1) is 17.1. The first-order valence-corrected chi connectivity index (χ1v) is 9.64. The number of nitrogen functional groups attached to an aromatic ring is 2. The summed E-state index contributed by atoms with van der Waals surface area (Å²) in [5.41, 5.74) is 16.0. The fraction of sp³-hybridized carbons (Fsp3) is 0. The zero-order valence-corrected chi connectivity index (χ0v) is 15.0. The van der Waals surface area contributed by atoms with Crippen molar-refractivity contribution in [2.24, 2.45) is 5.14 Å². The third-order valence-electron chi connectivity index (χ3n) is 4.28. The number of hydrogen-bond donors (Lipinski definition) is 4. The van der Waals surface area contributed by atoms with Crippen molar-refractivity contribution in [3.05, 3.63) is 60.7 Å². The summed E-state index contributed by atoms with van der Waals surface area (Å²) in [5, 5.41) is 10.3. The van der Waals surface area contributed by atoms with Gasteiger partial charge >= 0.3 is 0 Å². The van der Waals surface area contributed by atoms with Crippen molar-refractivity contribution in [3.8, 4) is 0 Å². The van der Waals surface area contributed by atoms with E-state index >= 15 is 0 Å². The number of nitrogens with zero attached hydrogens (tertiary/aromatic N) is 1. The molecule has 0 spiro atoms. The summed E-state index contributed by atoms with van der Waals surface area (Å²) in [5.74, 6) is 0. The molecule has 8 heteroatoms. The Bertz CT molecular complexity index is 1230. The third kappa shape index (κ3) is 3.23. The van der Waals surface area contributed by atoms with Crippen LogP contribution < -0.4 is 21.9 Å². The van der Waals surface area contributed by atoms with Gasteiger partial charge in [0.05, 0.1) is 21.6 Å². The van der Waals surface area contributed by atoms with Gasteiger partial charge in [-0.15, -0.1) is 0 Å². The summed E-state index contributed by atoms with van der Waals surface area (Å²) < 4.78 is 22.9. The zero-order valence-electron chi connectivity index (χ0n) is 14.2. The number of nitrogens with two attached hydrogens (primary N) is 3. The number of hydrogen-bond acceptors (Lipinski definition) is 6. The Morgan fingerprint density at radius 2 is 1.30 bits per heavy atom. The van der Waals surface area contributed by atoms with Gasteiger partial charge in [0.15, 0.2) is 0 Å². The first-order chi connectivity index (χ1) is 12.8. The van der Waals surface area contributed by atoms with Crippen molar-refractivity contribution in [2.75, 3.05) is 16.8 Å². The lowest BCUT2D eigenvalue weighted by Gasteiger charge is -2.14. The molecule has 1 heterocycles. The standard InChI is InChI=1S/C19H17N5O2S/c20-11-1-7-15-17(9-11)24-18-10-12(21)2-8-16(18)19(15)23-13-3-5-14(6-4-13)27(22,25)26/h1-10H,20-21H2,(H,23,24)(H2,22,25,26). The molecule has 7 nitrogen and oxygen atoms in total. The SMILES string of the molecule is Nc1ccc2c(Nc3ccc(S(N)(=O)=O)cc3)c3ccc(N)cc3nc2c1. The van der Waals surface area contributed by atoms with E-state index in [2.05, 4.69) is 10.3 Å². The van der Waals surface area contributed by atoms with Crippen LogP contribution in [-0.4, -0.2) is 13.4 Å². The molecule has 0 unspecified atom stereocenters. The molecule has 0 saturated carbocycles. The van der Waals surface area contributed by atoms with Crippen LogP contribution in [0, 0.1) is 0 Å². The number of fused-ring (bicyclic) bond motifs is 2. The van der Waals surface area contributed by atoms with Crippen LogP contribution in [-0.2, 0) is 10.0 Å². The van der Waals surface area contributed by atoms with E-state index in [-0.39, 0.29) is 4.90 Å². The van der Waals surface area contributed by atoms with Crippen LogP contribution in [0.2, 0.25) is 0 Å². The zero-order chi connectivity index (χ0) is 19.2. The van der Waals surface area contributed by atoms with Gasteiger partial charge < -0.3 is 16.8 Å². The predicted molar refractivity (Wildman–Crippen MR) is 109 cm³/mol. The fourth-order valence-corrected chi connectivity index (χ4v) is 3.50. The van der Waals surface area contributed by atoms with Crippen molar-refractivity contribution >= 4 is 54.6 Å².